The van der Waals surface area contributed by atoms with Crippen LogP contribution in [0.15, 0.2) is 10.9 Å². The van der Waals surface area contributed by atoms with E-state index in [4.69, 9.17) is 11.6 Å². The first-order valence-corrected chi connectivity index (χ1v) is 7.43. The topological polar surface area (TPSA) is 55.2 Å². The highest BCUT2D eigenvalue weighted by Crippen LogP contribution is 2.16. The molecule has 0 aliphatic carbocycles. The van der Waals surface area contributed by atoms with Crippen molar-refractivity contribution in [1.82, 2.24) is 14.5 Å². The van der Waals surface area contributed by atoms with Gasteiger partial charge in [0.1, 0.15) is 17.0 Å². The molecule has 110 valence electrons. The van der Waals surface area contributed by atoms with Crippen LogP contribution >= 0.6 is 11.6 Å². The van der Waals surface area contributed by atoms with E-state index in [0.29, 0.717) is 5.82 Å². The van der Waals surface area contributed by atoms with Gasteiger partial charge in [-0.3, -0.25) is 14.2 Å². The number of nitrogens with zero attached hydrogens (tertiary/aromatic N) is 3. The lowest BCUT2D eigenvalue weighted by Gasteiger charge is -2.25. The van der Waals surface area contributed by atoms with Crippen LogP contribution < -0.4 is 5.56 Å². The SMILES string of the molecule is Cc1nc(Cl)cc(=O)n1C(C)C(=O)N1CCCCCC1. The third-order valence-corrected chi connectivity index (χ3v) is 3.95. The zero-order chi connectivity index (χ0) is 14.7. The smallest absolute Gasteiger partial charge is 0.255 e. The second kappa shape index (κ2) is 6.39. The molecule has 1 atom stereocenters. The van der Waals surface area contributed by atoms with Gasteiger partial charge in [0, 0.05) is 19.2 Å². The Morgan fingerprint density at radius 1 is 1.30 bits per heavy atom. The van der Waals surface area contributed by atoms with E-state index < -0.39 is 6.04 Å². The summed E-state index contributed by atoms with van der Waals surface area (Å²) in [6.07, 6.45) is 4.40. The fourth-order valence-corrected chi connectivity index (χ4v) is 2.92. The zero-order valence-electron chi connectivity index (χ0n) is 11.9. The molecule has 1 saturated heterocycles. The summed E-state index contributed by atoms with van der Waals surface area (Å²) in [4.78, 5) is 30.5. The van der Waals surface area contributed by atoms with Gasteiger partial charge >= 0.3 is 0 Å². The number of hydrogen-bond donors (Lipinski definition) is 0. The number of carbonyl (C=O) groups excluding carboxylic acids is 1. The predicted octanol–water partition coefficient (Wildman–Crippen LogP) is 2.17. The largest absolute Gasteiger partial charge is 0.341 e. The molecule has 5 nitrogen and oxygen atoms in total. The molecule has 6 heteroatoms. The summed E-state index contributed by atoms with van der Waals surface area (Å²) in [5.41, 5.74) is -0.279. The summed E-state index contributed by atoms with van der Waals surface area (Å²) in [7, 11) is 0. The van der Waals surface area contributed by atoms with Gasteiger partial charge < -0.3 is 4.90 Å². The molecule has 2 rings (SSSR count). The van der Waals surface area contributed by atoms with Gasteiger partial charge in [-0.2, -0.15) is 0 Å². The van der Waals surface area contributed by atoms with Crippen LogP contribution in [0.25, 0.3) is 0 Å². The molecule has 0 aromatic carbocycles. The molecule has 2 heterocycles. The number of likely N-dealkylation sites (tertiary alicyclic amines) is 1. The van der Waals surface area contributed by atoms with Crippen molar-refractivity contribution >= 4 is 17.5 Å². The van der Waals surface area contributed by atoms with E-state index in [9.17, 15) is 9.59 Å². The van der Waals surface area contributed by atoms with Crippen molar-refractivity contribution in [2.75, 3.05) is 13.1 Å². The highest BCUT2D eigenvalue weighted by atomic mass is 35.5. The Hall–Kier alpha value is -1.36. The molecule has 0 spiro atoms. The van der Waals surface area contributed by atoms with Crippen molar-refractivity contribution in [1.29, 1.82) is 0 Å². The van der Waals surface area contributed by atoms with Gasteiger partial charge in [-0.05, 0) is 26.7 Å². The fourth-order valence-electron chi connectivity index (χ4n) is 2.71. The lowest BCUT2D eigenvalue weighted by molar-refractivity contribution is -0.134. The maximum absolute atomic E-state index is 12.5. The van der Waals surface area contributed by atoms with Gasteiger partial charge in [0.15, 0.2) is 0 Å². The third kappa shape index (κ3) is 3.20. The lowest BCUT2D eigenvalue weighted by Crippen LogP contribution is -2.40. The van der Waals surface area contributed by atoms with Crippen LogP contribution in [0.2, 0.25) is 5.15 Å². The molecule has 1 aromatic heterocycles. The van der Waals surface area contributed by atoms with Gasteiger partial charge in [0.05, 0.1) is 0 Å². The van der Waals surface area contributed by atoms with E-state index in [1.54, 1.807) is 13.8 Å². The Bertz CT molecular complexity index is 548. The standard InChI is InChI=1S/C14H20ClN3O2/c1-10(14(20)17-7-5-3-4-6-8-17)18-11(2)16-12(15)9-13(18)19/h9-10H,3-8H2,1-2H3. The van der Waals surface area contributed by atoms with Crippen LogP contribution in [0.1, 0.15) is 44.5 Å². The average molecular weight is 298 g/mol. The highest BCUT2D eigenvalue weighted by Gasteiger charge is 2.24. The number of carbonyl (C=O) groups is 1. The van der Waals surface area contributed by atoms with Gasteiger partial charge in [-0.15, -0.1) is 0 Å². The predicted molar refractivity (Wildman–Crippen MR) is 78.0 cm³/mol. The number of amides is 1. The maximum atomic E-state index is 12.5. The third-order valence-electron chi connectivity index (χ3n) is 3.76. The molecule has 0 N–H and O–H groups in total. The molecule has 1 unspecified atom stereocenters. The molecule has 20 heavy (non-hydrogen) atoms. The monoisotopic (exact) mass is 297 g/mol. The average Bonchev–Trinajstić information content (AvgIpc) is 2.65. The van der Waals surface area contributed by atoms with Crippen LogP contribution in [0.3, 0.4) is 0 Å². The Morgan fingerprint density at radius 3 is 2.45 bits per heavy atom. The lowest BCUT2D eigenvalue weighted by atomic mass is 10.2. The number of aryl methyl sites for hydroxylation is 1. The zero-order valence-corrected chi connectivity index (χ0v) is 12.7. The number of hydrogen-bond acceptors (Lipinski definition) is 3. The second-order valence-corrected chi connectivity index (χ2v) is 5.64. The van der Waals surface area contributed by atoms with E-state index >= 15 is 0 Å². The number of halogens is 1. The minimum Gasteiger partial charge on any atom is -0.341 e. The van der Waals surface area contributed by atoms with Crippen molar-refractivity contribution < 1.29 is 4.79 Å². The van der Waals surface area contributed by atoms with E-state index in [0.717, 1.165) is 25.9 Å². The molecular formula is C14H20ClN3O2. The molecule has 0 saturated carbocycles. The highest BCUT2D eigenvalue weighted by molar-refractivity contribution is 6.29. The number of aromatic nitrogens is 2. The summed E-state index contributed by atoms with van der Waals surface area (Å²) in [5.74, 6) is 0.458. The van der Waals surface area contributed by atoms with Crippen molar-refractivity contribution in [2.45, 2.75) is 45.6 Å². The molecule has 1 amide bonds. The van der Waals surface area contributed by atoms with Crippen LogP contribution in [-0.2, 0) is 4.79 Å². The normalized spacial score (nSPS) is 17.6. The van der Waals surface area contributed by atoms with E-state index in [1.807, 2.05) is 4.90 Å². The molecule has 1 fully saturated rings. The van der Waals surface area contributed by atoms with Crippen molar-refractivity contribution in [2.24, 2.45) is 0 Å². The van der Waals surface area contributed by atoms with Crippen LogP contribution in [0, 0.1) is 6.92 Å². The second-order valence-electron chi connectivity index (χ2n) is 5.25. The minimum atomic E-state index is -0.537. The van der Waals surface area contributed by atoms with E-state index in [1.165, 1.54) is 23.5 Å². The molecule has 1 aliphatic heterocycles. The summed E-state index contributed by atoms with van der Waals surface area (Å²) < 4.78 is 1.42. The summed E-state index contributed by atoms with van der Waals surface area (Å²) in [6, 6.07) is 0.714. The molecule has 0 bridgehead atoms. The molecule has 1 aromatic rings. The van der Waals surface area contributed by atoms with Crippen molar-refractivity contribution in [3.05, 3.63) is 27.4 Å². The fraction of sp³-hybridized carbons (Fsp3) is 0.643. The summed E-state index contributed by atoms with van der Waals surface area (Å²) in [5, 5.41) is 0.165. The van der Waals surface area contributed by atoms with Gasteiger partial charge in [0.25, 0.3) is 5.56 Å². The molecule has 1 aliphatic rings. The van der Waals surface area contributed by atoms with Gasteiger partial charge in [-0.25, -0.2) is 4.98 Å². The van der Waals surface area contributed by atoms with Gasteiger partial charge in [0.2, 0.25) is 5.91 Å². The Kier molecular flexibility index (Phi) is 4.81. The summed E-state index contributed by atoms with van der Waals surface area (Å²) >= 11 is 5.76. The summed E-state index contributed by atoms with van der Waals surface area (Å²) in [6.45, 7) is 4.99. The van der Waals surface area contributed by atoms with Crippen LogP contribution in [0.4, 0.5) is 0 Å². The quantitative estimate of drug-likeness (QED) is 0.786. The van der Waals surface area contributed by atoms with E-state index in [-0.39, 0.29) is 16.6 Å². The first-order valence-electron chi connectivity index (χ1n) is 7.05. The maximum Gasteiger partial charge on any atom is 0.255 e. The van der Waals surface area contributed by atoms with Crippen molar-refractivity contribution in [3.63, 3.8) is 0 Å². The van der Waals surface area contributed by atoms with Crippen LogP contribution in [0.5, 0.6) is 0 Å². The van der Waals surface area contributed by atoms with Crippen molar-refractivity contribution in [3.8, 4) is 0 Å². The molecule has 0 radical (unpaired) electrons. The first-order chi connectivity index (χ1) is 9.50. The van der Waals surface area contributed by atoms with Gasteiger partial charge in [-0.1, -0.05) is 24.4 Å². The Morgan fingerprint density at radius 2 is 1.90 bits per heavy atom. The minimum absolute atomic E-state index is 0.0128. The number of rotatable bonds is 2. The Balaban J connectivity index is 2.24. The first kappa shape index (κ1) is 15.0. The Labute approximate surface area is 123 Å². The molecular weight excluding hydrogens is 278 g/mol. The van der Waals surface area contributed by atoms with E-state index in [2.05, 4.69) is 4.98 Å². The van der Waals surface area contributed by atoms with Crippen LogP contribution in [-0.4, -0.2) is 33.4 Å².